The number of hydrogen-bond acceptors (Lipinski definition) is 4. The molecule has 0 aliphatic carbocycles. The minimum Gasteiger partial charge on any atom is -0.372 e. The van der Waals surface area contributed by atoms with Crippen molar-refractivity contribution in [1.29, 1.82) is 0 Å². The van der Waals surface area contributed by atoms with Crippen molar-refractivity contribution in [2.75, 3.05) is 29.5 Å². The number of benzene rings is 3. The maximum absolute atomic E-state index is 13.5. The van der Waals surface area contributed by atoms with Crippen LogP contribution in [0.1, 0.15) is 31.4 Å². The highest BCUT2D eigenvalue weighted by Gasteiger charge is 2.34. The van der Waals surface area contributed by atoms with Crippen molar-refractivity contribution in [3.63, 3.8) is 0 Å². The molecule has 33 heavy (non-hydrogen) atoms. The molecule has 0 saturated carbocycles. The van der Waals surface area contributed by atoms with E-state index in [-0.39, 0.29) is 29.9 Å². The van der Waals surface area contributed by atoms with Crippen LogP contribution in [0.5, 0.6) is 0 Å². The van der Waals surface area contributed by atoms with Crippen LogP contribution in [0, 0.1) is 0 Å². The van der Waals surface area contributed by atoms with Crippen LogP contribution in [-0.4, -0.2) is 49.9 Å². The summed E-state index contributed by atoms with van der Waals surface area (Å²) in [5.41, 5.74) is 3.14. The third-order valence-corrected chi connectivity index (χ3v) is 8.36. The fourth-order valence-electron chi connectivity index (χ4n) is 4.75. The Morgan fingerprint density at radius 2 is 1.64 bits per heavy atom. The fraction of sp³-hybridized carbons (Fsp3) is 0.370. The second-order valence-electron chi connectivity index (χ2n) is 8.73. The number of rotatable bonds is 8. The van der Waals surface area contributed by atoms with Gasteiger partial charge in [0.2, 0.25) is 5.91 Å². The van der Waals surface area contributed by atoms with E-state index in [9.17, 15) is 13.2 Å². The smallest absolute Gasteiger partial charge is 0.227 e. The molecule has 0 N–H and O–H groups in total. The van der Waals surface area contributed by atoms with Crippen molar-refractivity contribution < 1.29 is 13.2 Å². The third kappa shape index (κ3) is 5.38. The van der Waals surface area contributed by atoms with Gasteiger partial charge in [-0.25, -0.2) is 8.42 Å². The molecule has 174 valence electrons. The van der Waals surface area contributed by atoms with Gasteiger partial charge < -0.3 is 9.80 Å². The predicted molar refractivity (Wildman–Crippen MR) is 135 cm³/mol. The van der Waals surface area contributed by atoms with Crippen molar-refractivity contribution in [3.8, 4) is 0 Å². The second-order valence-corrected chi connectivity index (χ2v) is 11.0. The average molecular weight is 465 g/mol. The highest BCUT2D eigenvalue weighted by molar-refractivity contribution is 7.91. The number of nitrogens with zero attached hydrogens (tertiary/aromatic N) is 2. The van der Waals surface area contributed by atoms with Crippen molar-refractivity contribution >= 4 is 32.2 Å². The van der Waals surface area contributed by atoms with E-state index in [0.29, 0.717) is 13.0 Å². The summed E-state index contributed by atoms with van der Waals surface area (Å²) in [6.07, 6.45) is 0.760. The van der Waals surface area contributed by atoms with Gasteiger partial charge in [-0.2, -0.15) is 0 Å². The average Bonchev–Trinajstić information content (AvgIpc) is 3.18. The lowest BCUT2D eigenvalue weighted by Gasteiger charge is -2.29. The van der Waals surface area contributed by atoms with Crippen LogP contribution >= 0.6 is 0 Å². The van der Waals surface area contributed by atoms with E-state index in [1.54, 1.807) is 4.90 Å². The van der Waals surface area contributed by atoms with Crippen LogP contribution in [0.25, 0.3) is 10.8 Å². The first kappa shape index (κ1) is 23.3. The highest BCUT2D eigenvalue weighted by Crippen LogP contribution is 2.25. The van der Waals surface area contributed by atoms with E-state index in [4.69, 9.17) is 0 Å². The quantitative estimate of drug-likeness (QED) is 0.494. The molecular weight excluding hydrogens is 432 g/mol. The SMILES string of the molecule is CCN(CC)c1ccc(CN(C(=O)Cc2cccc3ccccc23)[C@H]2CCS(=O)(=O)C2)cc1. The van der Waals surface area contributed by atoms with Crippen LogP contribution in [0.4, 0.5) is 5.69 Å². The van der Waals surface area contributed by atoms with Crippen molar-refractivity contribution in [3.05, 3.63) is 77.9 Å². The first-order valence-electron chi connectivity index (χ1n) is 11.7. The number of hydrogen-bond donors (Lipinski definition) is 0. The van der Waals surface area contributed by atoms with Crippen LogP contribution in [0.3, 0.4) is 0 Å². The number of carbonyl (C=O) groups excluding carboxylic acids is 1. The van der Waals surface area contributed by atoms with E-state index >= 15 is 0 Å². The van der Waals surface area contributed by atoms with E-state index in [1.807, 2.05) is 42.5 Å². The highest BCUT2D eigenvalue weighted by atomic mass is 32.2. The molecule has 0 spiro atoms. The Kier molecular flexibility index (Phi) is 7.03. The van der Waals surface area contributed by atoms with Crippen LogP contribution in [0.15, 0.2) is 66.7 Å². The molecule has 1 aliphatic rings. The lowest BCUT2D eigenvalue weighted by molar-refractivity contribution is -0.133. The largest absolute Gasteiger partial charge is 0.372 e. The molecular formula is C27H32N2O3S. The predicted octanol–water partition coefficient (Wildman–Crippen LogP) is 4.44. The second kappa shape index (κ2) is 9.96. The first-order chi connectivity index (χ1) is 15.9. The molecule has 1 amide bonds. The van der Waals surface area contributed by atoms with Crippen molar-refractivity contribution in [1.82, 2.24) is 4.90 Å². The van der Waals surface area contributed by atoms with Crippen LogP contribution in [0.2, 0.25) is 0 Å². The lowest BCUT2D eigenvalue weighted by Crippen LogP contribution is -2.41. The normalized spacial score (nSPS) is 17.2. The molecule has 3 aromatic rings. The molecule has 6 heteroatoms. The van der Waals surface area contributed by atoms with Crippen molar-refractivity contribution in [2.24, 2.45) is 0 Å². The van der Waals surface area contributed by atoms with Gasteiger partial charge in [0.15, 0.2) is 9.84 Å². The van der Waals surface area contributed by atoms with E-state index in [1.165, 1.54) is 0 Å². The standard InChI is InChI=1S/C27H32N2O3S/c1-3-28(4-2)24-14-12-21(13-15-24)19-29(25-16-17-33(31,32)20-25)27(30)18-23-10-7-9-22-8-5-6-11-26(22)23/h5-15,25H,3-4,16-20H2,1-2H3/t25-/m0/s1. The lowest BCUT2D eigenvalue weighted by atomic mass is 10.0. The summed E-state index contributed by atoms with van der Waals surface area (Å²) in [4.78, 5) is 17.6. The van der Waals surface area contributed by atoms with E-state index < -0.39 is 9.84 Å². The molecule has 4 rings (SSSR count). The maximum atomic E-state index is 13.5. The summed E-state index contributed by atoms with van der Waals surface area (Å²) >= 11 is 0. The molecule has 5 nitrogen and oxygen atoms in total. The number of amides is 1. The Labute approximate surface area is 196 Å². The Morgan fingerprint density at radius 3 is 2.30 bits per heavy atom. The molecule has 0 radical (unpaired) electrons. The fourth-order valence-corrected chi connectivity index (χ4v) is 6.48. The number of fused-ring (bicyclic) bond motifs is 1. The molecule has 0 aromatic heterocycles. The van der Waals surface area contributed by atoms with Gasteiger partial charge in [0.05, 0.1) is 17.9 Å². The molecule has 0 unspecified atom stereocenters. The maximum Gasteiger partial charge on any atom is 0.227 e. The van der Waals surface area contributed by atoms with Gasteiger partial charge in [0.1, 0.15) is 0 Å². The Balaban J connectivity index is 1.59. The number of sulfone groups is 1. The molecule has 1 fully saturated rings. The molecule has 1 aliphatic heterocycles. The van der Waals surface area contributed by atoms with Gasteiger partial charge in [-0.1, -0.05) is 54.6 Å². The summed E-state index contributed by atoms with van der Waals surface area (Å²) in [6.45, 7) is 6.55. The van der Waals surface area contributed by atoms with Gasteiger partial charge >= 0.3 is 0 Å². The van der Waals surface area contributed by atoms with E-state index in [0.717, 1.165) is 40.7 Å². The molecule has 0 bridgehead atoms. The summed E-state index contributed by atoms with van der Waals surface area (Å²) < 4.78 is 24.4. The zero-order valence-electron chi connectivity index (χ0n) is 19.4. The summed E-state index contributed by atoms with van der Waals surface area (Å²) in [6, 6.07) is 22.1. The monoisotopic (exact) mass is 464 g/mol. The topological polar surface area (TPSA) is 57.7 Å². The summed E-state index contributed by atoms with van der Waals surface area (Å²) in [5, 5.41) is 2.17. The van der Waals surface area contributed by atoms with Crippen LogP contribution < -0.4 is 4.90 Å². The summed E-state index contributed by atoms with van der Waals surface area (Å²) in [7, 11) is -3.10. The van der Waals surface area contributed by atoms with Crippen molar-refractivity contribution in [2.45, 2.75) is 39.3 Å². The Bertz CT molecular complexity index is 1210. The van der Waals surface area contributed by atoms with Gasteiger partial charge in [-0.15, -0.1) is 0 Å². The molecule has 1 saturated heterocycles. The van der Waals surface area contributed by atoms with E-state index in [2.05, 4.69) is 43.0 Å². The number of carbonyl (C=O) groups is 1. The van der Waals surface area contributed by atoms with Crippen LogP contribution in [-0.2, 0) is 27.6 Å². The van der Waals surface area contributed by atoms with Gasteiger partial charge in [-0.3, -0.25) is 4.79 Å². The van der Waals surface area contributed by atoms with Gasteiger partial charge in [0, 0.05) is 31.4 Å². The summed E-state index contributed by atoms with van der Waals surface area (Å²) in [5.74, 6) is 0.170. The zero-order valence-corrected chi connectivity index (χ0v) is 20.2. The Hall–Kier alpha value is -2.86. The Morgan fingerprint density at radius 1 is 0.939 bits per heavy atom. The molecule has 1 atom stereocenters. The zero-order chi connectivity index (χ0) is 23.4. The molecule has 1 heterocycles. The minimum atomic E-state index is -3.10. The third-order valence-electron chi connectivity index (χ3n) is 6.61. The number of anilines is 1. The minimum absolute atomic E-state index is 0.0266. The van der Waals surface area contributed by atoms with Gasteiger partial charge in [0.25, 0.3) is 0 Å². The first-order valence-corrected chi connectivity index (χ1v) is 13.5. The molecule has 3 aromatic carbocycles. The van der Waals surface area contributed by atoms with Gasteiger partial charge in [-0.05, 0) is 54.3 Å².